The predicted octanol–water partition coefficient (Wildman–Crippen LogP) is 2.89. The SMILES string of the molecule is CCOCCC1CCOC12CCN(Cc1cccnc1OC)CC2. The zero-order chi connectivity index (χ0) is 16.8. The van der Waals surface area contributed by atoms with E-state index in [1.54, 1.807) is 13.3 Å². The molecule has 134 valence electrons. The molecule has 5 heteroatoms. The molecule has 2 aliphatic rings. The maximum absolute atomic E-state index is 6.25. The first-order valence-electron chi connectivity index (χ1n) is 9.19. The largest absolute Gasteiger partial charge is 0.481 e. The van der Waals surface area contributed by atoms with E-state index in [0.717, 1.165) is 70.2 Å². The number of hydrogen-bond donors (Lipinski definition) is 0. The van der Waals surface area contributed by atoms with Gasteiger partial charge in [-0.05, 0) is 44.6 Å². The Kier molecular flexibility index (Phi) is 6.09. The molecule has 0 aromatic carbocycles. The van der Waals surface area contributed by atoms with E-state index in [-0.39, 0.29) is 5.60 Å². The molecular weight excluding hydrogens is 304 g/mol. The smallest absolute Gasteiger partial charge is 0.217 e. The first-order valence-corrected chi connectivity index (χ1v) is 9.19. The van der Waals surface area contributed by atoms with E-state index in [1.807, 2.05) is 6.07 Å². The van der Waals surface area contributed by atoms with E-state index in [1.165, 1.54) is 6.42 Å². The summed E-state index contributed by atoms with van der Waals surface area (Å²) < 4.78 is 17.2. The highest BCUT2D eigenvalue weighted by molar-refractivity contribution is 5.25. The predicted molar refractivity (Wildman–Crippen MR) is 93.2 cm³/mol. The second-order valence-electron chi connectivity index (χ2n) is 6.83. The van der Waals surface area contributed by atoms with Gasteiger partial charge in [0.2, 0.25) is 5.88 Å². The molecule has 1 atom stereocenters. The summed E-state index contributed by atoms with van der Waals surface area (Å²) in [5.41, 5.74) is 1.25. The molecule has 5 nitrogen and oxygen atoms in total. The van der Waals surface area contributed by atoms with Crippen molar-refractivity contribution >= 4 is 0 Å². The minimum absolute atomic E-state index is 0.0899. The van der Waals surface area contributed by atoms with Crippen molar-refractivity contribution in [3.8, 4) is 5.88 Å². The molecule has 0 radical (unpaired) electrons. The second kappa shape index (κ2) is 8.28. The van der Waals surface area contributed by atoms with Gasteiger partial charge in [0.1, 0.15) is 0 Å². The third-order valence-corrected chi connectivity index (χ3v) is 5.55. The maximum atomic E-state index is 6.25. The van der Waals surface area contributed by atoms with Crippen molar-refractivity contribution in [2.45, 2.75) is 44.8 Å². The van der Waals surface area contributed by atoms with Crippen molar-refractivity contribution in [2.24, 2.45) is 5.92 Å². The van der Waals surface area contributed by atoms with Crippen LogP contribution in [0.25, 0.3) is 0 Å². The molecule has 3 rings (SSSR count). The van der Waals surface area contributed by atoms with Crippen LogP contribution in [0.5, 0.6) is 5.88 Å². The van der Waals surface area contributed by atoms with Gasteiger partial charge >= 0.3 is 0 Å². The molecule has 0 bridgehead atoms. The Labute approximate surface area is 145 Å². The third kappa shape index (κ3) is 3.90. The summed E-state index contributed by atoms with van der Waals surface area (Å²) in [6.07, 6.45) is 6.33. The quantitative estimate of drug-likeness (QED) is 0.718. The van der Waals surface area contributed by atoms with Crippen LogP contribution in [0, 0.1) is 5.92 Å². The average molecular weight is 334 g/mol. The van der Waals surface area contributed by atoms with Crippen LogP contribution in [-0.2, 0) is 16.0 Å². The summed E-state index contributed by atoms with van der Waals surface area (Å²) in [7, 11) is 1.69. The molecule has 0 amide bonds. The van der Waals surface area contributed by atoms with Gasteiger partial charge < -0.3 is 14.2 Å². The van der Waals surface area contributed by atoms with Crippen molar-refractivity contribution in [1.29, 1.82) is 0 Å². The lowest BCUT2D eigenvalue weighted by atomic mass is 9.78. The molecule has 0 saturated carbocycles. The Bertz CT molecular complexity index is 515. The molecular formula is C19H30N2O3. The van der Waals surface area contributed by atoms with Gasteiger partial charge in [-0.15, -0.1) is 0 Å². The molecule has 2 saturated heterocycles. The summed E-state index contributed by atoms with van der Waals surface area (Å²) >= 11 is 0. The highest BCUT2D eigenvalue weighted by Crippen LogP contribution is 2.42. The number of methoxy groups -OCH3 is 1. The van der Waals surface area contributed by atoms with Crippen molar-refractivity contribution in [1.82, 2.24) is 9.88 Å². The highest BCUT2D eigenvalue weighted by atomic mass is 16.5. The maximum Gasteiger partial charge on any atom is 0.217 e. The fraction of sp³-hybridized carbons (Fsp3) is 0.737. The molecule has 2 aliphatic heterocycles. The molecule has 24 heavy (non-hydrogen) atoms. The van der Waals surface area contributed by atoms with Gasteiger partial charge in [0.05, 0.1) is 12.7 Å². The van der Waals surface area contributed by atoms with Crippen LogP contribution in [0.4, 0.5) is 0 Å². The molecule has 0 N–H and O–H groups in total. The van der Waals surface area contributed by atoms with Crippen LogP contribution in [-0.4, -0.2) is 55.5 Å². The highest BCUT2D eigenvalue weighted by Gasteiger charge is 2.45. The zero-order valence-electron chi connectivity index (χ0n) is 15.0. The lowest BCUT2D eigenvalue weighted by Gasteiger charge is -2.42. The molecule has 1 aromatic heterocycles. The number of nitrogens with zero attached hydrogens (tertiary/aromatic N) is 2. The van der Waals surface area contributed by atoms with E-state index in [0.29, 0.717) is 5.92 Å². The Morgan fingerprint density at radius 2 is 2.21 bits per heavy atom. The first kappa shape index (κ1) is 17.6. The fourth-order valence-electron chi connectivity index (χ4n) is 4.17. The van der Waals surface area contributed by atoms with E-state index in [2.05, 4.69) is 22.9 Å². The Morgan fingerprint density at radius 3 is 2.96 bits per heavy atom. The summed E-state index contributed by atoms with van der Waals surface area (Å²) in [5, 5.41) is 0. The summed E-state index contributed by atoms with van der Waals surface area (Å²) in [6.45, 7) is 7.69. The van der Waals surface area contributed by atoms with Crippen molar-refractivity contribution in [3.63, 3.8) is 0 Å². The van der Waals surface area contributed by atoms with Crippen LogP contribution in [0.2, 0.25) is 0 Å². The van der Waals surface area contributed by atoms with Crippen LogP contribution in [0.15, 0.2) is 18.3 Å². The number of ether oxygens (including phenoxy) is 3. The molecule has 1 aromatic rings. The number of likely N-dealkylation sites (tertiary alicyclic amines) is 1. The van der Waals surface area contributed by atoms with Gasteiger partial charge in [0.15, 0.2) is 0 Å². The van der Waals surface area contributed by atoms with E-state index >= 15 is 0 Å². The lowest BCUT2D eigenvalue weighted by molar-refractivity contribution is -0.0728. The average Bonchev–Trinajstić information content (AvgIpc) is 3.00. The lowest BCUT2D eigenvalue weighted by Crippen LogP contribution is -2.47. The van der Waals surface area contributed by atoms with Gasteiger partial charge in [0.25, 0.3) is 0 Å². The molecule has 2 fully saturated rings. The second-order valence-corrected chi connectivity index (χ2v) is 6.83. The number of pyridine rings is 1. The van der Waals surface area contributed by atoms with Crippen LogP contribution in [0.1, 0.15) is 38.2 Å². The Hall–Kier alpha value is -1.17. The summed E-state index contributed by atoms with van der Waals surface area (Å²) in [4.78, 5) is 6.79. The van der Waals surface area contributed by atoms with Gasteiger partial charge in [0, 0.05) is 51.2 Å². The zero-order valence-corrected chi connectivity index (χ0v) is 15.0. The van der Waals surface area contributed by atoms with Gasteiger partial charge in [-0.2, -0.15) is 0 Å². The summed E-state index contributed by atoms with van der Waals surface area (Å²) in [5.74, 6) is 1.39. The van der Waals surface area contributed by atoms with E-state index in [4.69, 9.17) is 14.2 Å². The monoisotopic (exact) mass is 334 g/mol. The fourth-order valence-corrected chi connectivity index (χ4v) is 4.17. The number of hydrogen-bond acceptors (Lipinski definition) is 5. The molecule has 3 heterocycles. The van der Waals surface area contributed by atoms with Gasteiger partial charge in [-0.3, -0.25) is 4.90 Å². The van der Waals surface area contributed by atoms with Gasteiger partial charge in [-0.1, -0.05) is 6.07 Å². The normalized spacial score (nSPS) is 23.7. The van der Waals surface area contributed by atoms with E-state index in [9.17, 15) is 0 Å². The van der Waals surface area contributed by atoms with E-state index < -0.39 is 0 Å². The molecule has 1 unspecified atom stereocenters. The van der Waals surface area contributed by atoms with Crippen molar-refractivity contribution < 1.29 is 14.2 Å². The first-order chi connectivity index (χ1) is 11.8. The minimum Gasteiger partial charge on any atom is -0.481 e. The summed E-state index contributed by atoms with van der Waals surface area (Å²) in [6, 6.07) is 4.08. The topological polar surface area (TPSA) is 43.8 Å². The number of rotatable bonds is 7. The third-order valence-electron chi connectivity index (χ3n) is 5.55. The number of piperidine rings is 1. The van der Waals surface area contributed by atoms with Crippen molar-refractivity contribution in [3.05, 3.63) is 23.9 Å². The van der Waals surface area contributed by atoms with Crippen LogP contribution >= 0.6 is 0 Å². The minimum atomic E-state index is 0.0899. The molecule has 0 aliphatic carbocycles. The van der Waals surface area contributed by atoms with Crippen LogP contribution < -0.4 is 4.74 Å². The van der Waals surface area contributed by atoms with Crippen LogP contribution in [0.3, 0.4) is 0 Å². The standard InChI is InChI=1S/C19H30N2O3/c1-3-23-13-6-17-7-14-24-19(17)8-11-21(12-9-19)15-16-5-4-10-20-18(16)22-2/h4-5,10,17H,3,6-9,11-15H2,1-2H3. The Morgan fingerprint density at radius 1 is 1.38 bits per heavy atom. The van der Waals surface area contributed by atoms with Crippen molar-refractivity contribution in [2.75, 3.05) is 40.0 Å². The Balaban J connectivity index is 1.55. The van der Waals surface area contributed by atoms with Gasteiger partial charge in [-0.25, -0.2) is 4.98 Å². The molecule has 1 spiro atoms. The number of aromatic nitrogens is 1.